The molecule has 2 unspecified atom stereocenters. The minimum absolute atomic E-state index is 0.0344. The zero-order chi connectivity index (χ0) is 61.2. The average molecular weight is 1190 g/mol. The largest absolute Gasteiger partial charge is 0.756 e. The second kappa shape index (κ2) is 64.4. The van der Waals surface area contributed by atoms with Gasteiger partial charge in [-0.15, -0.1) is 0 Å². The molecule has 2 atom stereocenters. The maximum Gasteiger partial charge on any atom is 0.306 e. The summed E-state index contributed by atoms with van der Waals surface area (Å²) in [5.74, 6) is -0.831. The van der Waals surface area contributed by atoms with E-state index in [1.807, 2.05) is 21.1 Å². The molecule has 0 aromatic rings. The summed E-state index contributed by atoms with van der Waals surface area (Å²) < 4.78 is 34.3. The Morgan fingerprint density at radius 2 is 0.679 bits per heavy atom. The van der Waals surface area contributed by atoms with Crippen molar-refractivity contribution in [2.75, 3.05) is 47.5 Å². The molecule has 0 saturated heterocycles. The molecule has 486 valence electrons. The highest BCUT2D eigenvalue weighted by atomic mass is 31.2. The molecule has 0 heterocycles. The number of allylic oxidation sites excluding steroid dienone is 16. The van der Waals surface area contributed by atoms with Crippen molar-refractivity contribution in [1.82, 2.24) is 0 Å². The van der Waals surface area contributed by atoms with Gasteiger partial charge in [0.15, 0.2) is 6.10 Å². The fourth-order valence-electron chi connectivity index (χ4n) is 9.75. The van der Waals surface area contributed by atoms with E-state index in [0.717, 1.165) is 89.9 Å². The van der Waals surface area contributed by atoms with Gasteiger partial charge in [-0.1, -0.05) is 297 Å². The molecule has 9 nitrogen and oxygen atoms in total. The highest BCUT2D eigenvalue weighted by Crippen LogP contribution is 2.38. The third-order valence-electron chi connectivity index (χ3n) is 15.1. The lowest BCUT2D eigenvalue weighted by Gasteiger charge is -2.28. The van der Waals surface area contributed by atoms with E-state index in [1.54, 1.807) is 0 Å². The number of quaternary nitrogens is 1. The molecule has 0 aromatic carbocycles. The van der Waals surface area contributed by atoms with Crippen LogP contribution in [0.1, 0.15) is 309 Å². The highest BCUT2D eigenvalue weighted by Gasteiger charge is 2.22. The predicted octanol–water partition coefficient (Wildman–Crippen LogP) is 22.1. The molecule has 0 N–H and O–H groups in total. The molecule has 0 radical (unpaired) electrons. The van der Waals surface area contributed by atoms with Crippen LogP contribution in [0.2, 0.25) is 0 Å². The number of ether oxygens (including phenoxy) is 2. The third kappa shape index (κ3) is 68.0. The lowest BCUT2D eigenvalue weighted by molar-refractivity contribution is -0.870. The van der Waals surface area contributed by atoms with E-state index in [4.69, 9.17) is 18.5 Å². The number of esters is 2. The number of phosphoric acid groups is 1. The molecular weight excluding hydrogens is 1060 g/mol. The van der Waals surface area contributed by atoms with Gasteiger partial charge in [-0.3, -0.25) is 14.2 Å². The minimum atomic E-state index is -4.65. The number of carbonyl (C=O) groups is 2. The van der Waals surface area contributed by atoms with E-state index in [-0.39, 0.29) is 32.0 Å². The van der Waals surface area contributed by atoms with Gasteiger partial charge < -0.3 is 27.9 Å². The number of phosphoric ester groups is 1. The predicted molar refractivity (Wildman–Crippen MR) is 360 cm³/mol. The number of hydrogen-bond donors (Lipinski definition) is 0. The maximum atomic E-state index is 12.9. The lowest BCUT2D eigenvalue weighted by Crippen LogP contribution is -2.37. The molecule has 0 fully saturated rings. The average Bonchev–Trinajstić information content (AvgIpc) is 3.61. The Labute approximate surface area is 519 Å². The van der Waals surface area contributed by atoms with E-state index in [9.17, 15) is 19.0 Å². The summed E-state index contributed by atoms with van der Waals surface area (Å²) in [4.78, 5) is 38.1. The first-order valence-corrected chi connectivity index (χ1v) is 36.4. The number of unbranched alkanes of at least 4 members (excludes halogenated alkanes) is 34. The summed E-state index contributed by atoms with van der Waals surface area (Å²) in [6.45, 7) is 4.14. The number of rotatable bonds is 64. The van der Waals surface area contributed by atoms with Crippen LogP contribution in [0.3, 0.4) is 0 Å². The smallest absolute Gasteiger partial charge is 0.306 e. The summed E-state index contributed by atoms with van der Waals surface area (Å²) in [5.41, 5.74) is 0. The quantitative estimate of drug-likeness (QED) is 0.0195. The van der Waals surface area contributed by atoms with Gasteiger partial charge in [0.1, 0.15) is 19.8 Å². The number of hydrogen-bond acceptors (Lipinski definition) is 8. The topological polar surface area (TPSA) is 111 Å². The van der Waals surface area contributed by atoms with Gasteiger partial charge >= 0.3 is 11.9 Å². The van der Waals surface area contributed by atoms with Crippen LogP contribution in [0.25, 0.3) is 0 Å². The fourth-order valence-corrected chi connectivity index (χ4v) is 10.5. The highest BCUT2D eigenvalue weighted by molar-refractivity contribution is 7.45. The van der Waals surface area contributed by atoms with Crippen molar-refractivity contribution < 1.29 is 42.1 Å². The zero-order valence-corrected chi connectivity index (χ0v) is 56.2. The van der Waals surface area contributed by atoms with E-state index in [1.165, 1.54) is 186 Å². The van der Waals surface area contributed by atoms with Crippen LogP contribution in [0, 0.1) is 0 Å². The van der Waals surface area contributed by atoms with Gasteiger partial charge in [-0.2, -0.15) is 0 Å². The summed E-state index contributed by atoms with van der Waals surface area (Å²) in [5, 5.41) is 0. The molecule has 0 rings (SSSR count). The summed E-state index contributed by atoms with van der Waals surface area (Å²) in [6.07, 6.45) is 89.1. The van der Waals surface area contributed by atoms with Crippen molar-refractivity contribution in [2.45, 2.75) is 315 Å². The van der Waals surface area contributed by atoms with E-state index < -0.39 is 26.5 Å². The Morgan fingerprint density at radius 1 is 0.381 bits per heavy atom. The van der Waals surface area contributed by atoms with Gasteiger partial charge in [-0.25, -0.2) is 0 Å². The maximum absolute atomic E-state index is 12.9. The standard InChI is InChI=1S/C74H132NO8P/c1-6-8-10-12-14-16-18-20-22-24-26-28-30-32-34-36-37-39-40-42-44-46-48-50-52-54-56-58-60-62-64-66-73(76)80-70-72(71-82-84(78,79)81-69-68-75(3,4)5)83-74(77)67-65-63-61-59-57-55-53-51-49-47-45-43-41-38-35-33-31-29-27-25-23-21-19-17-15-13-11-9-7-2/h9,11,15,17-18,20-21,23-24,26-27,29,33,35,41,43,72H,6-8,10,12-14,16,19,22,25,28,30-32,34,36-40,42,44-71H2,1-5H3/b11-9-,17-15-,20-18-,23-21-,26-24-,29-27-,35-33-,43-41-. The van der Waals surface area contributed by atoms with Crippen molar-refractivity contribution in [3.63, 3.8) is 0 Å². The fraction of sp³-hybridized carbons (Fsp3) is 0.757. The molecule has 0 aromatic heterocycles. The second-order valence-corrected chi connectivity index (χ2v) is 25.9. The number of nitrogens with zero attached hydrogens (tertiary/aromatic N) is 1. The van der Waals surface area contributed by atoms with Crippen LogP contribution in [0.4, 0.5) is 0 Å². The van der Waals surface area contributed by atoms with Crippen molar-refractivity contribution in [2.24, 2.45) is 0 Å². The van der Waals surface area contributed by atoms with E-state index in [0.29, 0.717) is 17.4 Å². The van der Waals surface area contributed by atoms with Crippen molar-refractivity contribution in [1.29, 1.82) is 0 Å². The molecule has 0 aliphatic rings. The summed E-state index contributed by atoms with van der Waals surface area (Å²) >= 11 is 0. The molecule has 0 spiro atoms. The number of carbonyl (C=O) groups excluding carboxylic acids is 2. The molecule has 0 bridgehead atoms. The Bertz CT molecular complexity index is 1740. The first kappa shape index (κ1) is 80.9. The van der Waals surface area contributed by atoms with E-state index >= 15 is 0 Å². The normalized spacial score (nSPS) is 13.7. The van der Waals surface area contributed by atoms with Gasteiger partial charge in [0.2, 0.25) is 0 Å². The molecular formula is C74H132NO8P. The molecule has 0 aliphatic heterocycles. The zero-order valence-electron chi connectivity index (χ0n) is 55.3. The summed E-state index contributed by atoms with van der Waals surface area (Å²) in [6, 6.07) is 0. The third-order valence-corrected chi connectivity index (χ3v) is 16.1. The first-order chi connectivity index (χ1) is 41.0. The molecule has 10 heteroatoms. The van der Waals surface area contributed by atoms with Crippen LogP contribution in [-0.2, 0) is 32.7 Å². The van der Waals surface area contributed by atoms with Crippen LogP contribution >= 0.6 is 7.82 Å². The number of likely N-dealkylation sites (N-methyl/N-ethyl adjacent to an activating group) is 1. The van der Waals surface area contributed by atoms with E-state index in [2.05, 4.69) is 111 Å². The van der Waals surface area contributed by atoms with Crippen LogP contribution in [-0.4, -0.2) is 70.0 Å². The van der Waals surface area contributed by atoms with Gasteiger partial charge in [0.25, 0.3) is 7.82 Å². The minimum Gasteiger partial charge on any atom is -0.756 e. The Morgan fingerprint density at radius 3 is 1.01 bits per heavy atom. The summed E-state index contributed by atoms with van der Waals surface area (Å²) in [7, 11) is 1.16. The van der Waals surface area contributed by atoms with Crippen molar-refractivity contribution in [3.8, 4) is 0 Å². The van der Waals surface area contributed by atoms with Crippen molar-refractivity contribution >= 4 is 19.8 Å². The van der Waals surface area contributed by atoms with Crippen LogP contribution in [0.5, 0.6) is 0 Å². The lowest BCUT2D eigenvalue weighted by atomic mass is 10.0. The molecule has 84 heavy (non-hydrogen) atoms. The van der Waals surface area contributed by atoms with Gasteiger partial charge in [-0.05, 0) is 96.3 Å². The monoisotopic (exact) mass is 1190 g/mol. The van der Waals surface area contributed by atoms with Crippen molar-refractivity contribution in [3.05, 3.63) is 97.2 Å². The second-order valence-electron chi connectivity index (χ2n) is 24.5. The molecule has 0 amide bonds. The first-order valence-electron chi connectivity index (χ1n) is 34.9. The van der Waals surface area contributed by atoms with Crippen LogP contribution < -0.4 is 4.89 Å². The molecule has 0 aliphatic carbocycles. The Balaban J connectivity index is 4.06. The van der Waals surface area contributed by atoms with Gasteiger partial charge in [0.05, 0.1) is 27.7 Å². The van der Waals surface area contributed by atoms with Crippen LogP contribution in [0.15, 0.2) is 97.2 Å². The molecule has 0 saturated carbocycles. The Hall–Kier alpha value is -3.07. The SMILES string of the molecule is CC/C=C\C/C=C\C/C=C\C/C=C\C/C=C\C/C=C\CCCCCCCCCCCCC(=O)OC(COC(=O)CCCCCCCCCCCCCCCCCCCCC/C=C\C/C=C\CCCCCCC)COP(=O)([O-])OCC[N+](C)(C)C. The van der Waals surface area contributed by atoms with Gasteiger partial charge in [0, 0.05) is 12.8 Å². The Kier molecular flexibility index (Phi) is 62.1.